The quantitative estimate of drug-likeness (QED) is 0.569. The lowest BCUT2D eigenvalue weighted by molar-refractivity contribution is 0.0739. The maximum atomic E-state index is 5.98. The number of hydrogen-bond acceptors (Lipinski definition) is 5. The average molecular weight is 343 g/mol. The molecule has 24 heavy (non-hydrogen) atoms. The molecule has 1 N–H and O–H groups in total. The predicted molar refractivity (Wildman–Crippen MR) is 101 cm³/mol. The summed E-state index contributed by atoms with van der Waals surface area (Å²) in [5.41, 5.74) is 6.25. The Morgan fingerprint density at radius 2 is 2.12 bits per heavy atom. The van der Waals surface area contributed by atoms with E-state index in [0.717, 1.165) is 28.9 Å². The molecule has 1 fully saturated rings. The summed E-state index contributed by atoms with van der Waals surface area (Å²) < 4.78 is 5.98. The van der Waals surface area contributed by atoms with Gasteiger partial charge in [0.2, 0.25) is 5.13 Å². The van der Waals surface area contributed by atoms with Crippen LogP contribution in [0.15, 0.2) is 34.7 Å². The van der Waals surface area contributed by atoms with Gasteiger partial charge in [0.05, 0.1) is 18.5 Å². The van der Waals surface area contributed by atoms with Crippen molar-refractivity contribution in [2.45, 2.75) is 45.6 Å². The Kier molecular flexibility index (Phi) is 6.38. The van der Waals surface area contributed by atoms with Crippen LogP contribution in [-0.4, -0.2) is 17.8 Å². The average Bonchev–Trinajstić information content (AvgIpc) is 3.02. The van der Waals surface area contributed by atoms with Crippen LogP contribution in [0, 0.1) is 12.8 Å². The number of aromatic nitrogens is 1. The fourth-order valence-electron chi connectivity index (χ4n) is 3.04. The van der Waals surface area contributed by atoms with E-state index >= 15 is 0 Å². The lowest BCUT2D eigenvalue weighted by Gasteiger charge is -2.21. The SMILES string of the molecule is Cc1csc(NN=Cc2ccccc2COCC2CCCCC2)n1. The molecule has 1 aromatic carbocycles. The fourth-order valence-corrected chi connectivity index (χ4v) is 3.68. The van der Waals surface area contributed by atoms with Crippen LogP contribution in [0.5, 0.6) is 0 Å². The number of thiazole rings is 1. The van der Waals surface area contributed by atoms with Crippen LogP contribution < -0.4 is 5.43 Å². The number of benzene rings is 1. The highest BCUT2D eigenvalue weighted by molar-refractivity contribution is 7.13. The Hall–Kier alpha value is -1.72. The first kappa shape index (κ1) is 17.1. The van der Waals surface area contributed by atoms with Crippen LogP contribution in [0.2, 0.25) is 0 Å². The van der Waals surface area contributed by atoms with Crippen molar-refractivity contribution >= 4 is 22.7 Å². The van der Waals surface area contributed by atoms with Gasteiger partial charge in [-0.3, -0.25) is 5.43 Å². The molecule has 0 amide bonds. The van der Waals surface area contributed by atoms with Crippen molar-refractivity contribution < 1.29 is 4.74 Å². The summed E-state index contributed by atoms with van der Waals surface area (Å²) in [6.45, 7) is 3.50. The molecule has 1 heterocycles. The van der Waals surface area contributed by atoms with Gasteiger partial charge in [0, 0.05) is 17.6 Å². The second kappa shape index (κ2) is 8.94. The summed E-state index contributed by atoms with van der Waals surface area (Å²) in [6, 6.07) is 8.25. The van der Waals surface area contributed by atoms with Crippen molar-refractivity contribution in [1.82, 2.24) is 4.98 Å². The van der Waals surface area contributed by atoms with Gasteiger partial charge in [0.15, 0.2) is 0 Å². The first-order valence-electron chi connectivity index (χ1n) is 8.68. The van der Waals surface area contributed by atoms with E-state index in [0.29, 0.717) is 6.61 Å². The van der Waals surface area contributed by atoms with Gasteiger partial charge in [-0.2, -0.15) is 5.10 Å². The second-order valence-corrected chi connectivity index (χ2v) is 7.24. The number of hydrazone groups is 1. The van der Waals surface area contributed by atoms with E-state index in [1.54, 1.807) is 11.3 Å². The standard InChI is InChI=1S/C19H25N3OS/c1-15-14-24-19(21-15)22-20-11-17-9-5-6-10-18(17)13-23-12-16-7-3-2-4-8-16/h5-6,9-11,14,16H,2-4,7-8,12-13H2,1H3,(H,21,22). The van der Waals surface area contributed by atoms with Crippen LogP contribution in [0.1, 0.15) is 48.9 Å². The van der Waals surface area contributed by atoms with Crippen molar-refractivity contribution in [2.24, 2.45) is 11.0 Å². The van der Waals surface area contributed by atoms with Gasteiger partial charge >= 0.3 is 0 Å². The highest BCUT2D eigenvalue weighted by Crippen LogP contribution is 2.24. The molecule has 0 atom stereocenters. The van der Waals surface area contributed by atoms with Crippen molar-refractivity contribution in [1.29, 1.82) is 0 Å². The van der Waals surface area contributed by atoms with E-state index in [-0.39, 0.29) is 0 Å². The predicted octanol–water partition coefficient (Wildman–Crippen LogP) is 4.99. The van der Waals surface area contributed by atoms with Crippen molar-refractivity contribution in [3.63, 3.8) is 0 Å². The molecule has 1 saturated carbocycles. The summed E-state index contributed by atoms with van der Waals surface area (Å²) in [5.74, 6) is 0.745. The van der Waals surface area contributed by atoms with Crippen LogP contribution >= 0.6 is 11.3 Å². The summed E-state index contributed by atoms with van der Waals surface area (Å²) in [7, 11) is 0. The Morgan fingerprint density at radius 1 is 1.29 bits per heavy atom. The van der Waals surface area contributed by atoms with Crippen molar-refractivity contribution in [2.75, 3.05) is 12.0 Å². The smallest absolute Gasteiger partial charge is 0.203 e. The van der Waals surface area contributed by atoms with Crippen molar-refractivity contribution in [3.05, 3.63) is 46.5 Å². The zero-order valence-corrected chi connectivity index (χ0v) is 15.0. The summed E-state index contributed by atoms with van der Waals surface area (Å²) >= 11 is 1.56. The summed E-state index contributed by atoms with van der Waals surface area (Å²) in [4.78, 5) is 4.33. The Balaban J connectivity index is 1.52. The van der Waals surface area contributed by atoms with Gasteiger partial charge in [0.25, 0.3) is 0 Å². The fraction of sp³-hybridized carbons (Fsp3) is 0.474. The Labute approximate surface area is 148 Å². The molecule has 0 radical (unpaired) electrons. The molecular weight excluding hydrogens is 318 g/mol. The molecule has 5 heteroatoms. The highest BCUT2D eigenvalue weighted by atomic mass is 32.1. The normalized spacial score (nSPS) is 15.9. The lowest BCUT2D eigenvalue weighted by atomic mass is 9.90. The molecular formula is C19H25N3OS. The van der Waals surface area contributed by atoms with Gasteiger partial charge in [-0.25, -0.2) is 4.98 Å². The van der Waals surface area contributed by atoms with E-state index in [1.165, 1.54) is 37.7 Å². The van der Waals surface area contributed by atoms with Gasteiger partial charge in [-0.1, -0.05) is 43.5 Å². The summed E-state index contributed by atoms with van der Waals surface area (Å²) in [5, 5.41) is 7.12. The number of hydrogen-bond donors (Lipinski definition) is 1. The number of anilines is 1. The molecule has 0 saturated heterocycles. The minimum atomic E-state index is 0.648. The van der Waals surface area contributed by atoms with Crippen LogP contribution in [0.4, 0.5) is 5.13 Å². The second-order valence-electron chi connectivity index (χ2n) is 6.38. The van der Waals surface area contributed by atoms with E-state index in [2.05, 4.69) is 27.6 Å². The molecule has 1 aliphatic carbocycles. The van der Waals surface area contributed by atoms with Gasteiger partial charge in [0.1, 0.15) is 0 Å². The first-order chi connectivity index (χ1) is 11.8. The highest BCUT2D eigenvalue weighted by Gasteiger charge is 2.13. The van der Waals surface area contributed by atoms with E-state index < -0.39 is 0 Å². The maximum Gasteiger partial charge on any atom is 0.203 e. The number of rotatable bonds is 7. The molecule has 0 spiro atoms. The van der Waals surface area contributed by atoms with Crippen molar-refractivity contribution in [3.8, 4) is 0 Å². The molecule has 3 rings (SSSR count). The maximum absolute atomic E-state index is 5.98. The summed E-state index contributed by atoms with van der Waals surface area (Å²) in [6.07, 6.45) is 8.59. The molecule has 0 aliphatic heterocycles. The zero-order valence-electron chi connectivity index (χ0n) is 14.2. The molecule has 4 nitrogen and oxygen atoms in total. The molecule has 0 bridgehead atoms. The van der Waals surface area contributed by atoms with E-state index in [9.17, 15) is 0 Å². The Bertz CT molecular complexity index is 662. The molecule has 1 aromatic heterocycles. The van der Waals surface area contributed by atoms with Crippen LogP contribution in [-0.2, 0) is 11.3 Å². The number of nitrogens with one attached hydrogen (secondary N) is 1. The number of nitrogens with zero attached hydrogens (tertiary/aromatic N) is 2. The zero-order chi connectivity index (χ0) is 16.6. The third kappa shape index (κ3) is 5.14. The first-order valence-corrected chi connectivity index (χ1v) is 9.56. The molecule has 128 valence electrons. The monoisotopic (exact) mass is 343 g/mol. The Morgan fingerprint density at radius 3 is 2.92 bits per heavy atom. The van der Waals surface area contributed by atoms with Crippen LogP contribution in [0.25, 0.3) is 0 Å². The van der Waals surface area contributed by atoms with Gasteiger partial charge in [-0.15, -0.1) is 11.3 Å². The minimum absolute atomic E-state index is 0.648. The third-order valence-electron chi connectivity index (χ3n) is 4.37. The lowest BCUT2D eigenvalue weighted by Crippen LogP contribution is -2.13. The topological polar surface area (TPSA) is 46.5 Å². The number of aryl methyl sites for hydroxylation is 1. The van der Waals surface area contributed by atoms with Gasteiger partial charge in [-0.05, 0) is 31.2 Å². The third-order valence-corrected chi connectivity index (χ3v) is 5.24. The largest absolute Gasteiger partial charge is 0.376 e. The van der Waals surface area contributed by atoms with Crippen LogP contribution in [0.3, 0.4) is 0 Å². The van der Waals surface area contributed by atoms with E-state index in [1.807, 2.05) is 30.7 Å². The minimum Gasteiger partial charge on any atom is -0.376 e. The molecule has 1 aliphatic rings. The molecule has 0 unspecified atom stereocenters. The van der Waals surface area contributed by atoms with E-state index in [4.69, 9.17) is 4.74 Å². The molecule has 2 aromatic rings. The van der Waals surface area contributed by atoms with Gasteiger partial charge < -0.3 is 4.74 Å². The number of ether oxygens (including phenoxy) is 1.